The summed E-state index contributed by atoms with van der Waals surface area (Å²) in [6, 6.07) is 1.82. The topological polar surface area (TPSA) is 101 Å². The first-order chi connectivity index (χ1) is 11.0. The van der Waals surface area contributed by atoms with Crippen molar-refractivity contribution in [3.63, 3.8) is 0 Å². The molecule has 0 spiro atoms. The number of nitrogens with zero attached hydrogens (tertiary/aromatic N) is 3. The Hall–Kier alpha value is -2.44. The molecule has 1 aromatic rings. The van der Waals surface area contributed by atoms with Gasteiger partial charge >= 0.3 is 0 Å². The SMILES string of the molecule is CC[C@@H]1CCN(c2cc(/C(=C/N)C(=O)NC(C)=O)nnc2C)C1. The fourth-order valence-corrected chi connectivity index (χ4v) is 2.78. The van der Waals surface area contributed by atoms with E-state index >= 15 is 0 Å². The Balaban J connectivity index is 2.29. The molecule has 1 atom stereocenters. The molecule has 0 unspecified atom stereocenters. The third kappa shape index (κ3) is 3.85. The van der Waals surface area contributed by atoms with Gasteiger partial charge < -0.3 is 10.6 Å². The number of amides is 2. The van der Waals surface area contributed by atoms with Gasteiger partial charge in [0.15, 0.2) is 0 Å². The summed E-state index contributed by atoms with van der Waals surface area (Å²) in [4.78, 5) is 25.4. The van der Waals surface area contributed by atoms with E-state index < -0.39 is 11.8 Å². The van der Waals surface area contributed by atoms with Crippen LogP contribution in [0.5, 0.6) is 0 Å². The number of anilines is 1. The molecule has 0 saturated carbocycles. The summed E-state index contributed by atoms with van der Waals surface area (Å²) in [7, 11) is 0. The summed E-state index contributed by atoms with van der Waals surface area (Å²) in [5.74, 6) is -0.339. The maximum absolute atomic E-state index is 12.0. The highest BCUT2D eigenvalue weighted by atomic mass is 16.2. The molecule has 23 heavy (non-hydrogen) atoms. The van der Waals surface area contributed by atoms with Crippen molar-refractivity contribution in [2.24, 2.45) is 11.7 Å². The number of rotatable bonds is 4. The van der Waals surface area contributed by atoms with Crippen molar-refractivity contribution in [1.82, 2.24) is 15.5 Å². The van der Waals surface area contributed by atoms with Crippen LogP contribution in [0, 0.1) is 12.8 Å². The molecule has 1 saturated heterocycles. The summed E-state index contributed by atoms with van der Waals surface area (Å²) in [6.45, 7) is 7.30. The Kier molecular flexibility index (Phi) is 5.31. The van der Waals surface area contributed by atoms with E-state index in [0.29, 0.717) is 11.6 Å². The highest BCUT2D eigenvalue weighted by molar-refractivity contribution is 6.22. The van der Waals surface area contributed by atoms with E-state index in [1.807, 2.05) is 13.0 Å². The first-order valence-corrected chi connectivity index (χ1v) is 7.79. The minimum absolute atomic E-state index is 0.139. The first kappa shape index (κ1) is 16.9. The molecule has 1 aliphatic rings. The second-order valence-corrected chi connectivity index (χ2v) is 5.80. The van der Waals surface area contributed by atoms with Gasteiger partial charge in [0.1, 0.15) is 5.69 Å². The van der Waals surface area contributed by atoms with Crippen LogP contribution in [-0.4, -0.2) is 35.1 Å². The van der Waals surface area contributed by atoms with E-state index in [4.69, 9.17) is 5.73 Å². The summed E-state index contributed by atoms with van der Waals surface area (Å²) >= 11 is 0. The molecule has 0 radical (unpaired) electrons. The van der Waals surface area contributed by atoms with Crippen LogP contribution in [0.4, 0.5) is 5.69 Å². The number of imide groups is 1. The molecule has 0 bridgehead atoms. The average Bonchev–Trinajstić information content (AvgIpc) is 2.97. The van der Waals surface area contributed by atoms with Gasteiger partial charge in [0.05, 0.1) is 17.0 Å². The number of hydrogen-bond donors (Lipinski definition) is 2. The first-order valence-electron chi connectivity index (χ1n) is 7.79. The zero-order chi connectivity index (χ0) is 17.0. The Morgan fingerprint density at radius 2 is 2.22 bits per heavy atom. The van der Waals surface area contributed by atoms with Crippen molar-refractivity contribution < 1.29 is 9.59 Å². The number of hydrogen-bond acceptors (Lipinski definition) is 6. The number of nitrogens with two attached hydrogens (primary N) is 1. The smallest absolute Gasteiger partial charge is 0.261 e. The summed E-state index contributed by atoms with van der Waals surface area (Å²) < 4.78 is 0. The van der Waals surface area contributed by atoms with Gasteiger partial charge in [-0.25, -0.2) is 0 Å². The molecule has 1 aromatic heterocycles. The monoisotopic (exact) mass is 317 g/mol. The van der Waals surface area contributed by atoms with E-state index in [0.717, 1.165) is 43.5 Å². The second kappa shape index (κ2) is 7.21. The summed E-state index contributed by atoms with van der Waals surface area (Å²) in [5, 5.41) is 10.4. The lowest BCUT2D eigenvalue weighted by Gasteiger charge is -2.20. The molecule has 3 N–H and O–H groups in total. The lowest BCUT2D eigenvalue weighted by molar-refractivity contribution is -0.126. The van der Waals surface area contributed by atoms with Crippen molar-refractivity contribution >= 4 is 23.1 Å². The van der Waals surface area contributed by atoms with Crippen LogP contribution < -0.4 is 16.0 Å². The van der Waals surface area contributed by atoms with Gasteiger partial charge in [-0.1, -0.05) is 13.3 Å². The van der Waals surface area contributed by atoms with Crippen LogP contribution in [0.25, 0.3) is 5.57 Å². The highest BCUT2D eigenvalue weighted by Crippen LogP contribution is 2.28. The Bertz CT molecular complexity index is 641. The van der Waals surface area contributed by atoms with Crippen molar-refractivity contribution in [2.45, 2.75) is 33.6 Å². The Labute approximate surface area is 135 Å². The van der Waals surface area contributed by atoms with Crippen molar-refractivity contribution in [3.8, 4) is 0 Å². The summed E-state index contributed by atoms with van der Waals surface area (Å²) in [5.41, 5.74) is 7.83. The molecule has 0 aromatic carbocycles. The molecule has 1 aliphatic heterocycles. The predicted octanol–water partition coefficient (Wildman–Crippen LogP) is 0.984. The number of carbonyl (C=O) groups excluding carboxylic acids is 2. The molecular weight excluding hydrogens is 294 g/mol. The van der Waals surface area contributed by atoms with Crippen LogP contribution >= 0.6 is 0 Å². The molecule has 2 rings (SSSR count). The quantitative estimate of drug-likeness (QED) is 0.803. The van der Waals surface area contributed by atoms with Crippen LogP contribution in [0.2, 0.25) is 0 Å². The van der Waals surface area contributed by atoms with E-state index in [-0.39, 0.29) is 5.57 Å². The molecule has 0 aliphatic carbocycles. The predicted molar refractivity (Wildman–Crippen MR) is 88.4 cm³/mol. The largest absolute Gasteiger partial charge is 0.404 e. The summed E-state index contributed by atoms with van der Waals surface area (Å²) in [6.07, 6.45) is 3.45. The third-order valence-electron chi connectivity index (χ3n) is 4.13. The van der Waals surface area contributed by atoms with Gasteiger partial charge in [-0.15, -0.1) is 5.10 Å². The lowest BCUT2D eigenvalue weighted by Crippen LogP contribution is -2.29. The number of aromatic nitrogens is 2. The Morgan fingerprint density at radius 3 is 2.78 bits per heavy atom. The fraction of sp³-hybridized carbons (Fsp3) is 0.500. The zero-order valence-corrected chi connectivity index (χ0v) is 13.8. The lowest BCUT2D eigenvalue weighted by atomic mass is 10.1. The van der Waals surface area contributed by atoms with Crippen LogP contribution in [-0.2, 0) is 9.59 Å². The van der Waals surface area contributed by atoms with Crippen molar-refractivity contribution in [1.29, 1.82) is 0 Å². The molecule has 2 heterocycles. The molecule has 2 amide bonds. The van der Waals surface area contributed by atoms with Crippen LogP contribution in [0.1, 0.15) is 38.1 Å². The zero-order valence-electron chi connectivity index (χ0n) is 13.8. The van der Waals surface area contributed by atoms with Crippen LogP contribution in [0.3, 0.4) is 0 Å². The van der Waals surface area contributed by atoms with Gasteiger partial charge in [0.25, 0.3) is 5.91 Å². The molecule has 7 heteroatoms. The normalized spacial score (nSPS) is 18.1. The van der Waals surface area contributed by atoms with E-state index in [1.165, 1.54) is 6.92 Å². The third-order valence-corrected chi connectivity index (χ3v) is 4.13. The van der Waals surface area contributed by atoms with E-state index in [2.05, 4.69) is 27.3 Å². The van der Waals surface area contributed by atoms with E-state index in [1.54, 1.807) is 0 Å². The van der Waals surface area contributed by atoms with Crippen molar-refractivity contribution in [2.75, 3.05) is 18.0 Å². The highest BCUT2D eigenvalue weighted by Gasteiger charge is 2.24. The van der Waals surface area contributed by atoms with Crippen molar-refractivity contribution in [3.05, 3.63) is 23.7 Å². The van der Waals surface area contributed by atoms with Gasteiger partial charge in [-0.3, -0.25) is 14.9 Å². The maximum Gasteiger partial charge on any atom is 0.261 e. The fourth-order valence-electron chi connectivity index (χ4n) is 2.78. The Morgan fingerprint density at radius 1 is 1.48 bits per heavy atom. The minimum atomic E-state index is -0.572. The number of nitrogens with one attached hydrogen (secondary N) is 1. The molecule has 124 valence electrons. The van der Waals surface area contributed by atoms with Crippen LogP contribution in [0.15, 0.2) is 12.3 Å². The minimum Gasteiger partial charge on any atom is -0.404 e. The standard InChI is InChI=1S/C16H23N5O2/c1-4-12-5-6-21(9-12)15-7-14(20-19-10(15)2)13(8-17)16(23)18-11(3)22/h7-8,12H,4-6,9,17H2,1-3H3,(H,18,22,23)/b13-8-/t12-/m1/s1. The maximum atomic E-state index is 12.0. The molecule has 1 fully saturated rings. The van der Waals surface area contributed by atoms with E-state index in [9.17, 15) is 9.59 Å². The van der Waals surface area contributed by atoms with Gasteiger partial charge in [0, 0.05) is 26.2 Å². The molecule has 7 nitrogen and oxygen atoms in total. The van der Waals surface area contributed by atoms with Gasteiger partial charge in [0.2, 0.25) is 5.91 Å². The second-order valence-electron chi connectivity index (χ2n) is 5.80. The number of aryl methyl sites for hydroxylation is 1. The number of carbonyl (C=O) groups is 2. The van der Waals surface area contributed by atoms with Gasteiger partial charge in [-0.2, -0.15) is 5.10 Å². The average molecular weight is 317 g/mol. The molecular formula is C16H23N5O2. The van der Waals surface area contributed by atoms with Gasteiger partial charge in [-0.05, 0) is 25.3 Å².